The Balaban J connectivity index is 2.30. The summed E-state index contributed by atoms with van der Waals surface area (Å²) in [6, 6.07) is 14.2. The smallest absolute Gasteiger partial charge is 0.326 e. The number of aryl methyl sites for hydroxylation is 1. The van der Waals surface area contributed by atoms with Gasteiger partial charge in [0.1, 0.15) is 6.04 Å². The van der Waals surface area contributed by atoms with Crippen molar-refractivity contribution in [2.75, 3.05) is 12.0 Å². The minimum absolute atomic E-state index is 0.359. The first-order valence-electron chi connectivity index (χ1n) is 7.72. The maximum absolute atomic E-state index is 12.6. The van der Waals surface area contributed by atoms with E-state index in [4.69, 9.17) is 0 Å². The zero-order valence-corrected chi connectivity index (χ0v) is 14.6. The van der Waals surface area contributed by atoms with Gasteiger partial charge in [0.15, 0.2) is 0 Å². The first-order chi connectivity index (χ1) is 11.5. The van der Waals surface area contributed by atoms with Gasteiger partial charge in [0.25, 0.3) is 5.91 Å². The number of carbonyl (C=O) groups is 2. The van der Waals surface area contributed by atoms with Gasteiger partial charge in [0.05, 0.1) is 0 Å². The third kappa shape index (κ3) is 4.38. The number of amides is 1. The first kappa shape index (κ1) is 18.1. The normalized spacial score (nSPS) is 11.8. The third-order valence-electron chi connectivity index (χ3n) is 3.82. The van der Waals surface area contributed by atoms with Gasteiger partial charge in [-0.15, -0.1) is 0 Å². The van der Waals surface area contributed by atoms with Crippen LogP contribution in [0, 0.1) is 6.92 Å². The highest BCUT2D eigenvalue weighted by atomic mass is 32.2. The Morgan fingerprint density at radius 2 is 1.71 bits per heavy atom. The van der Waals surface area contributed by atoms with Gasteiger partial charge in [-0.25, -0.2) is 4.79 Å². The van der Waals surface area contributed by atoms with E-state index in [1.54, 1.807) is 23.9 Å². The van der Waals surface area contributed by atoms with Crippen molar-refractivity contribution in [3.8, 4) is 11.1 Å². The molecule has 0 bridgehead atoms. The zero-order chi connectivity index (χ0) is 17.5. The molecule has 0 saturated heterocycles. The van der Waals surface area contributed by atoms with Crippen molar-refractivity contribution in [3.05, 3.63) is 59.7 Å². The van der Waals surface area contributed by atoms with Crippen LogP contribution in [0.25, 0.3) is 11.1 Å². The quantitative estimate of drug-likeness (QED) is 0.806. The Labute approximate surface area is 146 Å². The van der Waals surface area contributed by atoms with E-state index in [1.165, 1.54) is 0 Å². The van der Waals surface area contributed by atoms with Crippen LogP contribution in [0.15, 0.2) is 48.5 Å². The zero-order valence-electron chi connectivity index (χ0n) is 13.8. The summed E-state index contributed by atoms with van der Waals surface area (Å²) in [4.78, 5) is 24.0. The standard InChI is InChI=1S/C19H21NO3S/c1-13-7-3-4-8-14(13)15-9-5-6-10-16(15)18(21)20-17(19(22)23)11-12-24-2/h3-10,17H,11-12H2,1-2H3,(H,20,21)(H,22,23). The number of benzene rings is 2. The lowest BCUT2D eigenvalue weighted by Gasteiger charge is -2.16. The third-order valence-corrected chi connectivity index (χ3v) is 4.46. The van der Waals surface area contributed by atoms with E-state index in [0.29, 0.717) is 17.7 Å². The lowest BCUT2D eigenvalue weighted by Crippen LogP contribution is -2.41. The van der Waals surface area contributed by atoms with Crippen LogP contribution >= 0.6 is 11.8 Å². The average Bonchev–Trinajstić information content (AvgIpc) is 2.58. The molecule has 1 atom stereocenters. The van der Waals surface area contributed by atoms with Gasteiger partial charge >= 0.3 is 5.97 Å². The Hall–Kier alpha value is -2.27. The molecule has 0 saturated carbocycles. The van der Waals surface area contributed by atoms with E-state index < -0.39 is 12.0 Å². The second kappa shape index (κ2) is 8.55. The highest BCUT2D eigenvalue weighted by molar-refractivity contribution is 7.98. The molecule has 0 fully saturated rings. The molecule has 2 rings (SSSR count). The second-order valence-electron chi connectivity index (χ2n) is 5.51. The van der Waals surface area contributed by atoms with Gasteiger partial charge in [-0.1, -0.05) is 42.5 Å². The van der Waals surface area contributed by atoms with Gasteiger partial charge in [0.2, 0.25) is 0 Å². The summed E-state index contributed by atoms with van der Waals surface area (Å²) in [5, 5.41) is 11.9. The molecule has 126 valence electrons. The maximum Gasteiger partial charge on any atom is 0.326 e. The molecule has 0 aliphatic heterocycles. The van der Waals surface area contributed by atoms with Crippen LogP contribution in [0.5, 0.6) is 0 Å². The predicted octanol–water partition coefficient (Wildman–Crippen LogP) is 3.60. The number of carboxylic acids is 1. The number of carboxylic acid groups (broad SMARTS) is 1. The molecule has 0 radical (unpaired) electrons. The Kier molecular flexibility index (Phi) is 6.44. The van der Waals surface area contributed by atoms with Crippen LogP contribution in [0.3, 0.4) is 0 Å². The SMILES string of the molecule is CSCCC(NC(=O)c1ccccc1-c1ccccc1C)C(=O)O. The molecule has 0 heterocycles. The van der Waals surface area contributed by atoms with E-state index in [9.17, 15) is 14.7 Å². The van der Waals surface area contributed by atoms with Crippen molar-refractivity contribution in [3.63, 3.8) is 0 Å². The van der Waals surface area contributed by atoms with Crippen LogP contribution < -0.4 is 5.32 Å². The number of thioether (sulfide) groups is 1. The van der Waals surface area contributed by atoms with E-state index in [-0.39, 0.29) is 5.91 Å². The van der Waals surface area contributed by atoms with Crippen molar-refractivity contribution in [1.82, 2.24) is 5.32 Å². The summed E-state index contributed by atoms with van der Waals surface area (Å²) in [5.74, 6) is -0.690. The molecule has 1 unspecified atom stereocenters. The van der Waals surface area contributed by atoms with Crippen LogP contribution in [0.1, 0.15) is 22.3 Å². The van der Waals surface area contributed by atoms with Gasteiger partial charge in [-0.3, -0.25) is 4.79 Å². The molecular weight excluding hydrogens is 322 g/mol. The van der Waals surface area contributed by atoms with Crippen LogP contribution in [0.4, 0.5) is 0 Å². The molecule has 4 nitrogen and oxygen atoms in total. The Bertz CT molecular complexity index is 730. The molecule has 0 aliphatic rings. The first-order valence-corrected chi connectivity index (χ1v) is 9.11. The van der Waals surface area contributed by atoms with Crippen molar-refractivity contribution in [2.45, 2.75) is 19.4 Å². The number of hydrogen-bond acceptors (Lipinski definition) is 3. The predicted molar refractivity (Wildman–Crippen MR) is 98.5 cm³/mol. The average molecular weight is 343 g/mol. The van der Waals surface area contributed by atoms with Crippen molar-refractivity contribution in [1.29, 1.82) is 0 Å². The number of carbonyl (C=O) groups excluding carboxylic acids is 1. The van der Waals surface area contributed by atoms with Crippen LogP contribution in [-0.4, -0.2) is 35.0 Å². The number of aliphatic carboxylic acids is 1. The fourth-order valence-electron chi connectivity index (χ4n) is 2.52. The minimum atomic E-state index is -1.01. The molecule has 5 heteroatoms. The molecule has 2 aromatic carbocycles. The number of hydrogen-bond donors (Lipinski definition) is 2. The second-order valence-corrected chi connectivity index (χ2v) is 6.49. The lowest BCUT2D eigenvalue weighted by molar-refractivity contribution is -0.139. The highest BCUT2D eigenvalue weighted by Crippen LogP contribution is 2.26. The van der Waals surface area contributed by atoms with E-state index in [1.807, 2.05) is 49.6 Å². The van der Waals surface area contributed by atoms with Crippen LogP contribution in [0.2, 0.25) is 0 Å². The van der Waals surface area contributed by atoms with E-state index >= 15 is 0 Å². The fraction of sp³-hybridized carbons (Fsp3) is 0.263. The summed E-state index contributed by atoms with van der Waals surface area (Å²) in [5.41, 5.74) is 3.33. The lowest BCUT2D eigenvalue weighted by atomic mass is 9.95. The summed E-state index contributed by atoms with van der Waals surface area (Å²) in [6.07, 6.45) is 2.31. The van der Waals surface area contributed by atoms with E-state index in [0.717, 1.165) is 16.7 Å². The summed E-state index contributed by atoms with van der Waals surface area (Å²) in [6.45, 7) is 1.99. The molecule has 0 aromatic heterocycles. The van der Waals surface area contributed by atoms with E-state index in [2.05, 4.69) is 5.32 Å². The van der Waals surface area contributed by atoms with Gasteiger partial charge in [0, 0.05) is 5.56 Å². The molecule has 0 aliphatic carbocycles. The van der Waals surface area contributed by atoms with Gasteiger partial charge in [-0.2, -0.15) is 11.8 Å². The van der Waals surface area contributed by atoms with Crippen molar-refractivity contribution >= 4 is 23.6 Å². The van der Waals surface area contributed by atoms with Gasteiger partial charge < -0.3 is 10.4 Å². The minimum Gasteiger partial charge on any atom is -0.480 e. The largest absolute Gasteiger partial charge is 0.480 e. The maximum atomic E-state index is 12.6. The van der Waals surface area contributed by atoms with Gasteiger partial charge in [-0.05, 0) is 48.1 Å². The monoisotopic (exact) mass is 343 g/mol. The fourth-order valence-corrected chi connectivity index (χ4v) is 2.99. The molecule has 2 N–H and O–H groups in total. The molecule has 1 amide bonds. The Morgan fingerprint density at radius 3 is 2.33 bits per heavy atom. The summed E-state index contributed by atoms with van der Waals surface area (Å²) >= 11 is 1.56. The highest BCUT2D eigenvalue weighted by Gasteiger charge is 2.22. The molecule has 0 spiro atoms. The molecular formula is C19H21NO3S. The number of rotatable bonds is 7. The van der Waals surface area contributed by atoms with Crippen LogP contribution in [-0.2, 0) is 4.79 Å². The number of nitrogens with one attached hydrogen (secondary N) is 1. The van der Waals surface area contributed by atoms with Crippen molar-refractivity contribution in [2.24, 2.45) is 0 Å². The molecule has 24 heavy (non-hydrogen) atoms. The summed E-state index contributed by atoms with van der Waals surface area (Å²) in [7, 11) is 0. The topological polar surface area (TPSA) is 66.4 Å². The summed E-state index contributed by atoms with van der Waals surface area (Å²) < 4.78 is 0. The Morgan fingerprint density at radius 1 is 1.08 bits per heavy atom. The molecule has 2 aromatic rings. The van der Waals surface area contributed by atoms with Crippen molar-refractivity contribution < 1.29 is 14.7 Å².